The van der Waals surface area contributed by atoms with Crippen molar-refractivity contribution < 1.29 is 0 Å². The van der Waals surface area contributed by atoms with E-state index in [1.165, 1.54) is 36.5 Å². The van der Waals surface area contributed by atoms with Crippen molar-refractivity contribution in [2.45, 2.75) is 32.2 Å². The predicted molar refractivity (Wildman–Crippen MR) is 74.9 cm³/mol. The van der Waals surface area contributed by atoms with Crippen molar-refractivity contribution in [3.05, 3.63) is 40.1 Å². The zero-order valence-electron chi connectivity index (χ0n) is 10.7. The van der Waals surface area contributed by atoms with Gasteiger partial charge in [-0.15, -0.1) is 0 Å². The van der Waals surface area contributed by atoms with E-state index < -0.39 is 0 Å². The molecule has 0 bridgehead atoms. The number of thiophene rings is 1. The number of nitrogens with zero attached hydrogens (tertiary/aromatic N) is 2. The van der Waals surface area contributed by atoms with Crippen LogP contribution in [0.15, 0.2) is 23.0 Å². The van der Waals surface area contributed by atoms with E-state index in [4.69, 9.17) is 0 Å². The highest BCUT2D eigenvalue weighted by Crippen LogP contribution is 2.26. The highest BCUT2D eigenvalue weighted by molar-refractivity contribution is 7.07. The summed E-state index contributed by atoms with van der Waals surface area (Å²) in [4.78, 5) is 10.4. The van der Waals surface area contributed by atoms with Gasteiger partial charge in [-0.2, -0.15) is 11.3 Å². The quantitative estimate of drug-likeness (QED) is 0.920. The lowest BCUT2D eigenvalue weighted by molar-refractivity contribution is 0.197. The van der Waals surface area contributed by atoms with Gasteiger partial charge in [0.2, 0.25) is 0 Å². The Labute approximate surface area is 112 Å². The van der Waals surface area contributed by atoms with Crippen LogP contribution >= 0.6 is 11.3 Å². The summed E-state index contributed by atoms with van der Waals surface area (Å²) in [7, 11) is 0. The van der Waals surface area contributed by atoms with Crippen molar-refractivity contribution in [2.75, 3.05) is 13.1 Å². The van der Waals surface area contributed by atoms with Crippen LogP contribution in [-0.2, 0) is 6.54 Å². The fourth-order valence-corrected chi connectivity index (χ4v) is 3.36. The predicted octanol–water partition coefficient (Wildman–Crippen LogP) is 3.16. The number of piperidine rings is 1. The molecule has 4 heteroatoms. The van der Waals surface area contributed by atoms with E-state index in [-0.39, 0.29) is 0 Å². The summed E-state index contributed by atoms with van der Waals surface area (Å²) >= 11 is 1.78. The minimum atomic E-state index is 0.575. The first-order chi connectivity index (χ1) is 8.81. The van der Waals surface area contributed by atoms with Gasteiger partial charge in [0.25, 0.3) is 0 Å². The summed E-state index contributed by atoms with van der Waals surface area (Å²) in [6.45, 7) is 5.50. The van der Waals surface area contributed by atoms with Gasteiger partial charge < -0.3 is 4.98 Å². The molecule has 0 radical (unpaired) electrons. The normalized spacial score (nSPS) is 21.3. The number of nitrogens with one attached hydrogen (secondary N) is 1. The lowest BCUT2D eigenvalue weighted by atomic mass is 9.97. The van der Waals surface area contributed by atoms with Crippen molar-refractivity contribution in [3.8, 4) is 0 Å². The van der Waals surface area contributed by atoms with E-state index in [2.05, 4.69) is 38.6 Å². The summed E-state index contributed by atoms with van der Waals surface area (Å²) in [5.41, 5.74) is 2.61. The third-order valence-corrected chi connectivity index (χ3v) is 4.33. The van der Waals surface area contributed by atoms with E-state index in [0.717, 1.165) is 13.1 Å². The third-order valence-electron chi connectivity index (χ3n) is 3.60. The molecule has 1 unspecified atom stereocenters. The van der Waals surface area contributed by atoms with Crippen LogP contribution < -0.4 is 0 Å². The van der Waals surface area contributed by atoms with Gasteiger partial charge in [0.05, 0.1) is 0 Å². The molecule has 1 atom stereocenters. The van der Waals surface area contributed by atoms with Crippen molar-refractivity contribution >= 4 is 11.3 Å². The van der Waals surface area contributed by atoms with Gasteiger partial charge in [0.1, 0.15) is 5.82 Å². The highest BCUT2D eigenvalue weighted by atomic mass is 32.1. The molecule has 1 aliphatic heterocycles. The zero-order chi connectivity index (χ0) is 12.4. The Hall–Kier alpha value is -1.13. The van der Waals surface area contributed by atoms with E-state index in [9.17, 15) is 0 Å². The van der Waals surface area contributed by atoms with Crippen molar-refractivity contribution in [3.63, 3.8) is 0 Å². The van der Waals surface area contributed by atoms with Crippen LogP contribution in [0.4, 0.5) is 0 Å². The monoisotopic (exact) mass is 261 g/mol. The summed E-state index contributed by atoms with van der Waals surface area (Å²) < 4.78 is 0. The summed E-state index contributed by atoms with van der Waals surface area (Å²) in [5.74, 6) is 1.74. The summed E-state index contributed by atoms with van der Waals surface area (Å²) in [6.07, 6.45) is 4.47. The Balaban J connectivity index is 1.65. The second kappa shape index (κ2) is 5.24. The smallest absolute Gasteiger partial charge is 0.110 e. The molecule has 1 aliphatic rings. The van der Waals surface area contributed by atoms with Gasteiger partial charge in [0, 0.05) is 30.9 Å². The lowest BCUT2D eigenvalue weighted by Crippen LogP contribution is -2.34. The molecule has 0 aromatic carbocycles. The molecule has 0 saturated carbocycles. The SMILES string of the molecule is Cc1cnc(C2CCCN(Cc3ccsc3)C2)[nH]1. The Morgan fingerprint density at radius 1 is 1.56 bits per heavy atom. The molecule has 3 heterocycles. The van der Waals surface area contributed by atoms with E-state index >= 15 is 0 Å². The standard InChI is InChI=1S/C14H19N3S/c1-11-7-15-14(16-11)13-3-2-5-17(9-13)8-12-4-6-18-10-12/h4,6-7,10,13H,2-3,5,8-9H2,1H3,(H,15,16). The highest BCUT2D eigenvalue weighted by Gasteiger charge is 2.23. The van der Waals surface area contributed by atoms with Crippen molar-refractivity contribution in [1.82, 2.24) is 14.9 Å². The van der Waals surface area contributed by atoms with Gasteiger partial charge in [-0.1, -0.05) is 0 Å². The second-order valence-electron chi connectivity index (χ2n) is 5.16. The van der Waals surface area contributed by atoms with Crippen LogP contribution in [0, 0.1) is 6.92 Å². The molecule has 0 spiro atoms. The van der Waals surface area contributed by atoms with E-state index in [0.29, 0.717) is 5.92 Å². The molecule has 0 amide bonds. The average Bonchev–Trinajstić information content (AvgIpc) is 3.01. The molecule has 1 fully saturated rings. The Morgan fingerprint density at radius 2 is 2.50 bits per heavy atom. The van der Waals surface area contributed by atoms with Crippen molar-refractivity contribution in [1.29, 1.82) is 0 Å². The maximum absolute atomic E-state index is 4.49. The first-order valence-electron chi connectivity index (χ1n) is 6.56. The summed E-state index contributed by atoms with van der Waals surface area (Å²) in [5, 5.41) is 4.41. The number of hydrogen-bond acceptors (Lipinski definition) is 3. The number of H-pyrrole nitrogens is 1. The Kier molecular flexibility index (Phi) is 3.48. The minimum Gasteiger partial charge on any atom is -0.346 e. The number of rotatable bonds is 3. The van der Waals surface area contributed by atoms with Crippen LogP contribution in [0.2, 0.25) is 0 Å². The fourth-order valence-electron chi connectivity index (χ4n) is 2.70. The minimum absolute atomic E-state index is 0.575. The number of aromatic nitrogens is 2. The molecule has 1 N–H and O–H groups in total. The molecule has 3 nitrogen and oxygen atoms in total. The number of aromatic amines is 1. The Bertz CT molecular complexity index is 489. The molecule has 1 saturated heterocycles. The molecule has 3 rings (SSSR count). The van der Waals surface area contributed by atoms with E-state index in [1.807, 2.05) is 6.20 Å². The average molecular weight is 261 g/mol. The molecule has 0 aliphatic carbocycles. The van der Waals surface area contributed by atoms with Gasteiger partial charge in [-0.05, 0) is 48.7 Å². The first kappa shape index (κ1) is 11.9. The number of aryl methyl sites for hydroxylation is 1. The third kappa shape index (κ3) is 2.65. The second-order valence-corrected chi connectivity index (χ2v) is 5.94. The summed E-state index contributed by atoms with van der Waals surface area (Å²) in [6, 6.07) is 2.23. The van der Waals surface area contributed by atoms with Gasteiger partial charge >= 0.3 is 0 Å². The fraction of sp³-hybridized carbons (Fsp3) is 0.500. The number of imidazole rings is 1. The molecule has 18 heavy (non-hydrogen) atoms. The first-order valence-corrected chi connectivity index (χ1v) is 7.50. The van der Waals surface area contributed by atoms with Crippen LogP contribution in [-0.4, -0.2) is 28.0 Å². The zero-order valence-corrected chi connectivity index (χ0v) is 11.5. The van der Waals surface area contributed by atoms with Crippen LogP contribution in [0.1, 0.15) is 35.8 Å². The molecule has 2 aromatic rings. The van der Waals surface area contributed by atoms with Crippen LogP contribution in [0.5, 0.6) is 0 Å². The maximum atomic E-state index is 4.49. The van der Waals surface area contributed by atoms with Gasteiger partial charge in [-0.3, -0.25) is 4.90 Å². The number of likely N-dealkylation sites (tertiary alicyclic amines) is 1. The van der Waals surface area contributed by atoms with Gasteiger partial charge in [0.15, 0.2) is 0 Å². The van der Waals surface area contributed by atoms with Crippen LogP contribution in [0.3, 0.4) is 0 Å². The number of hydrogen-bond donors (Lipinski definition) is 1. The maximum Gasteiger partial charge on any atom is 0.110 e. The lowest BCUT2D eigenvalue weighted by Gasteiger charge is -2.31. The van der Waals surface area contributed by atoms with Gasteiger partial charge in [-0.25, -0.2) is 4.98 Å². The Morgan fingerprint density at radius 3 is 3.22 bits per heavy atom. The van der Waals surface area contributed by atoms with Crippen LogP contribution in [0.25, 0.3) is 0 Å². The molecular weight excluding hydrogens is 242 g/mol. The molecular formula is C14H19N3S. The largest absolute Gasteiger partial charge is 0.346 e. The van der Waals surface area contributed by atoms with E-state index in [1.54, 1.807) is 11.3 Å². The van der Waals surface area contributed by atoms with Crippen molar-refractivity contribution in [2.24, 2.45) is 0 Å². The molecule has 2 aromatic heterocycles. The topological polar surface area (TPSA) is 31.9 Å². The molecule has 96 valence electrons.